The maximum atomic E-state index is 10.2. The Labute approximate surface area is 190 Å². The molecule has 3 fully saturated rings. The van der Waals surface area contributed by atoms with E-state index in [1.807, 2.05) is 0 Å². The summed E-state index contributed by atoms with van der Waals surface area (Å²) < 4.78 is 0. The molecule has 0 amide bonds. The summed E-state index contributed by atoms with van der Waals surface area (Å²) in [6, 6.07) is 11.1. The van der Waals surface area contributed by atoms with Crippen LogP contribution in [0.5, 0.6) is 0 Å². The molecular weight excluding hydrogens is 376 g/mol. The van der Waals surface area contributed by atoms with Crippen molar-refractivity contribution < 1.29 is 5.11 Å². The standard InChI is InChI=1S/C30H44O/c1-21(8-7-11-22-9-5-4-6-10-22)26-14-15-27-25-13-12-23-20-24(31)16-18-29(23,2)28(25)17-19-30(26,27)3/h4-6,9-10,12,21,24-28,31H,7-8,11,13-20H2,1-3H3/t21-,24+,25+,26-,27+,28+,29+,30-/m1/s1. The van der Waals surface area contributed by atoms with Crippen LogP contribution in [-0.2, 0) is 6.42 Å². The van der Waals surface area contributed by atoms with Gasteiger partial charge in [-0.05, 0) is 110 Å². The van der Waals surface area contributed by atoms with Gasteiger partial charge in [-0.1, -0.05) is 69.2 Å². The molecule has 5 rings (SSSR count). The Bertz CT molecular complexity index is 796. The normalized spacial score (nSPS) is 42.8. The fourth-order valence-electron chi connectivity index (χ4n) is 9.09. The van der Waals surface area contributed by atoms with Crippen molar-refractivity contribution in [2.24, 2.45) is 40.4 Å². The summed E-state index contributed by atoms with van der Waals surface area (Å²) >= 11 is 0. The van der Waals surface area contributed by atoms with Gasteiger partial charge in [0.15, 0.2) is 0 Å². The highest BCUT2D eigenvalue weighted by atomic mass is 16.3. The first-order chi connectivity index (χ1) is 14.9. The second kappa shape index (κ2) is 8.36. The van der Waals surface area contributed by atoms with Crippen LogP contribution in [0.15, 0.2) is 42.0 Å². The first kappa shape index (κ1) is 21.7. The quantitative estimate of drug-likeness (QED) is 0.487. The van der Waals surface area contributed by atoms with Crippen molar-refractivity contribution in [1.29, 1.82) is 0 Å². The lowest BCUT2D eigenvalue weighted by Crippen LogP contribution is -2.50. The zero-order valence-electron chi connectivity index (χ0n) is 20.2. The van der Waals surface area contributed by atoms with E-state index in [1.54, 1.807) is 5.57 Å². The molecule has 0 aromatic heterocycles. The van der Waals surface area contributed by atoms with Crippen molar-refractivity contribution in [2.45, 2.75) is 97.5 Å². The molecule has 1 nitrogen and oxygen atoms in total. The Balaban J connectivity index is 1.26. The Morgan fingerprint density at radius 3 is 2.61 bits per heavy atom. The topological polar surface area (TPSA) is 20.2 Å². The van der Waals surface area contributed by atoms with Gasteiger partial charge < -0.3 is 5.11 Å². The van der Waals surface area contributed by atoms with Crippen LogP contribution in [0.25, 0.3) is 0 Å². The number of fused-ring (bicyclic) bond motifs is 5. The van der Waals surface area contributed by atoms with Gasteiger partial charge in [0.2, 0.25) is 0 Å². The maximum absolute atomic E-state index is 10.2. The molecule has 31 heavy (non-hydrogen) atoms. The second-order valence-electron chi connectivity index (χ2n) is 12.2. The summed E-state index contributed by atoms with van der Waals surface area (Å²) in [7, 11) is 0. The third-order valence-corrected chi connectivity index (χ3v) is 10.8. The average molecular weight is 421 g/mol. The van der Waals surface area contributed by atoms with Crippen LogP contribution in [0.3, 0.4) is 0 Å². The number of hydrogen-bond acceptors (Lipinski definition) is 1. The summed E-state index contributed by atoms with van der Waals surface area (Å²) in [6.07, 6.45) is 16.7. The van der Waals surface area contributed by atoms with Crippen LogP contribution in [0.2, 0.25) is 0 Å². The fraction of sp³-hybridized carbons (Fsp3) is 0.733. The summed E-state index contributed by atoms with van der Waals surface area (Å²) in [4.78, 5) is 0. The molecule has 1 heteroatoms. The zero-order valence-corrected chi connectivity index (χ0v) is 20.2. The minimum Gasteiger partial charge on any atom is -0.393 e. The predicted octanol–water partition coefficient (Wildman–Crippen LogP) is 7.59. The Morgan fingerprint density at radius 2 is 1.81 bits per heavy atom. The lowest BCUT2D eigenvalue weighted by atomic mass is 9.47. The molecular formula is C30H44O. The van der Waals surface area contributed by atoms with Crippen molar-refractivity contribution in [3.63, 3.8) is 0 Å². The SMILES string of the molecule is C[C@H](CCCc1ccccc1)[C@H]1CC[C@H]2[C@@H]3CC=C4C[C@@H](O)CC[C@]4(C)[C@H]3CC[C@]12C. The lowest BCUT2D eigenvalue weighted by Gasteiger charge is -2.58. The monoisotopic (exact) mass is 420 g/mol. The highest BCUT2D eigenvalue weighted by molar-refractivity contribution is 5.25. The summed E-state index contributed by atoms with van der Waals surface area (Å²) in [6.45, 7) is 7.81. The molecule has 0 unspecified atom stereocenters. The minimum absolute atomic E-state index is 0.0858. The van der Waals surface area contributed by atoms with E-state index >= 15 is 0 Å². The number of allylic oxidation sites excluding steroid dienone is 1. The highest BCUT2D eigenvalue weighted by Gasteiger charge is 2.59. The fourth-order valence-corrected chi connectivity index (χ4v) is 9.09. The van der Waals surface area contributed by atoms with Gasteiger partial charge in [-0.2, -0.15) is 0 Å². The molecule has 0 heterocycles. The van der Waals surface area contributed by atoms with Gasteiger partial charge in [0.1, 0.15) is 0 Å². The van der Waals surface area contributed by atoms with Gasteiger partial charge in [-0.25, -0.2) is 0 Å². The van der Waals surface area contributed by atoms with E-state index in [-0.39, 0.29) is 6.10 Å². The van der Waals surface area contributed by atoms with E-state index < -0.39 is 0 Å². The molecule has 8 atom stereocenters. The van der Waals surface area contributed by atoms with Crippen molar-refractivity contribution in [3.05, 3.63) is 47.5 Å². The van der Waals surface area contributed by atoms with Crippen LogP contribution in [-0.4, -0.2) is 11.2 Å². The number of hydrogen-bond donors (Lipinski definition) is 1. The van der Waals surface area contributed by atoms with Gasteiger partial charge in [-0.3, -0.25) is 0 Å². The third kappa shape index (κ3) is 3.73. The van der Waals surface area contributed by atoms with E-state index in [2.05, 4.69) is 57.2 Å². The smallest absolute Gasteiger partial charge is 0.0577 e. The largest absolute Gasteiger partial charge is 0.393 e. The number of aryl methyl sites for hydroxylation is 1. The minimum atomic E-state index is -0.0858. The van der Waals surface area contributed by atoms with Crippen molar-refractivity contribution in [3.8, 4) is 0 Å². The van der Waals surface area contributed by atoms with Crippen molar-refractivity contribution in [1.82, 2.24) is 0 Å². The molecule has 0 bridgehead atoms. The van der Waals surface area contributed by atoms with Crippen LogP contribution < -0.4 is 0 Å². The van der Waals surface area contributed by atoms with E-state index in [0.717, 1.165) is 42.4 Å². The number of aliphatic hydroxyl groups excluding tert-OH is 1. The van der Waals surface area contributed by atoms with Gasteiger partial charge in [0.05, 0.1) is 6.10 Å². The van der Waals surface area contributed by atoms with E-state index in [0.29, 0.717) is 10.8 Å². The van der Waals surface area contributed by atoms with Gasteiger partial charge >= 0.3 is 0 Å². The van der Waals surface area contributed by atoms with Crippen molar-refractivity contribution >= 4 is 0 Å². The average Bonchev–Trinajstić information content (AvgIpc) is 3.12. The Hall–Kier alpha value is -1.08. The van der Waals surface area contributed by atoms with Gasteiger partial charge in [-0.15, -0.1) is 0 Å². The first-order valence-corrected chi connectivity index (χ1v) is 13.3. The van der Waals surface area contributed by atoms with Crippen LogP contribution in [0.4, 0.5) is 0 Å². The number of aliphatic hydroxyl groups is 1. The van der Waals surface area contributed by atoms with Gasteiger partial charge in [0, 0.05) is 0 Å². The van der Waals surface area contributed by atoms with Crippen LogP contribution in [0.1, 0.15) is 90.5 Å². The molecule has 1 N–H and O–H groups in total. The predicted molar refractivity (Wildman–Crippen MR) is 130 cm³/mol. The molecule has 0 aliphatic heterocycles. The second-order valence-corrected chi connectivity index (χ2v) is 12.2. The lowest BCUT2D eigenvalue weighted by molar-refractivity contribution is -0.0572. The van der Waals surface area contributed by atoms with E-state index in [9.17, 15) is 5.11 Å². The zero-order chi connectivity index (χ0) is 21.6. The molecule has 0 radical (unpaired) electrons. The maximum Gasteiger partial charge on any atom is 0.0577 e. The molecule has 170 valence electrons. The molecule has 1 aromatic rings. The van der Waals surface area contributed by atoms with Crippen LogP contribution >= 0.6 is 0 Å². The molecule has 0 spiro atoms. The number of benzene rings is 1. The third-order valence-electron chi connectivity index (χ3n) is 10.8. The Morgan fingerprint density at radius 1 is 1.00 bits per heavy atom. The first-order valence-electron chi connectivity index (χ1n) is 13.3. The van der Waals surface area contributed by atoms with Crippen molar-refractivity contribution in [2.75, 3.05) is 0 Å². The summed E-state index contributed by atoms with van der Waals surface area (Å²) in [5.41, 5.74) is 4.05. The van der Waals surface area contributed by atoms with E-state index in [4.69, 9.17) is 0 Å². The highest BCUT2D eigenvalue weighted by Crippen LogP contribution is 2.67. The molecule has 4 aliphatic rings. The molecule has 1 aromatic carbocycles. The molecule has 3 saturated carbocycles. The molecule has 4 aliphatic carbocycles. The van der Waals surface area contributed by atoms with E-state index in [1.165, 1.54) is 63.4 Å². The number of rotatable bonds is 5. The Kier molecular flexibility index (Phi) is 5.87. The summed E-state index contributed by atoms with van der Waals surface area (Å²) in [5.74, 6) is 4.45. The van der Waals surface area contributed by atoms with Crippen LogP contribution in [0, 0.1) is 40.4 Å². The van der Waals surface area contributed by atoms with Gasteiger partial charge in [0.25, 0.3) is 0 Å². The molecule has 0 saturated heterocycles. The summed E-state index contributed by atoms with van der Waals surface area (Å²) in [5, 5.41) is 10.2.